The van der Waals surface area contributed by atoms with Gasteiger partial charge < -0.3 is 9.88 Å². The van der Waals surface area contributed by atoms with Crippen LogP contribution in [0.3, 0.4) is 0 Å². The summed E-state index contributed by atoms with van der Waals surface area (Å²) in [5.74, 6) is -0.473. The lowest BCUT2D eigenvalue weighted by Crippen LogP contribution is -2.38. The van der Waals surface area contributed by atoms with Crippen LogP contribution in [0.2, 0.25) is 5.02 Å². The van der Waals surface area contributed by atoms with Gasteiger partial charge in [0.15, 0.2) is 0 Å². The monoisotopic (exact) mass is 345 g/mol. The van der Waals surface area contributed by atoms with Gasteiger partial charge in [0.1, 0.15) is 5.82 Å². The number of aromatic nitrogens is 2. The van der Waals surface area contributed by atoms with E-state index in [0.717, 1.165) is 11.1 Å². The minimum absolute atomic E-state index is 0.0771. The molecule has 2 heterocycles. The van der Waals surface area contributed by atoms with E-state index < -0.39 is 11.5 Å². The Morgan fingerprint density at radius 2 is 1.96 bits per heavy atom. The molecular formula is C17H13ClFN3O2. The van der Waals surface area contributed by atoms with Crippen molar-refractivity contribution in [3.05, 3.63) is 73.3 Å². The molecule has 5 nitrogen and oxygen atoms in total. The minimum atomic E-state index is -0.525. The highest BCUT2D eigenvalue weighted by molar-refractivity contribution is 6.36. The standard InChI is InChI=1S/C17H13ClFN3O2/c18-15-11(19)5-4-9-2-1-3-13(14(9)15)22-7-6-10-12(8-22)20-17(24)21-16(10)23/h1-5H,6-8H2,(H2,20,21,23,24). The maximum atomic E-state index is 13.9. The molecule has 1 aliphatic rings. The van der Waals surface area contributed by atoms with Gasteiger partial charge in [-0.3, -0.25) is 9.78 Å². The number of rotatable bonds is 1. The molecule has 24 heavy (non-hydrogen) atoms. The second-order valence-electron chi connectivity index (χ2n) is 5.77. The van der Waals surface area contributed by atoms with Crippen LogP contribution in [0.5, 0.6) is 0 Å². The van der Waals surface area contributed by atoms with Crippen molar-refractivity contribution >= 4 is 28.1 Å². The molecule has 1 aromatic heterocycles. The van der Waals surface area contributed by atoms with E-state index in [4.69, 9.17) is 11.6 Å². The summed E-state index contributed by atoms with van der Waals surface area (Å²) >= 11 is 6.19. The summed E-state index contributed by atoms with van der Waals surface area (Å²) in [5, 5.41) is 1.55. The Morgan fingerprint density at radius 1 is 1.12 bits per heavy atom. The van der Waals surface area contributed by atoms with Crippen LogP contribution in [0.4, 0.5) is 10.1 Å². The zero-order valence-electron chi connectivity index (χ0n) is 12.5. The first kappa shape index (κ1) is 15.0. The molecule has 0 atom stereocenters. The van der Waals surface area contributed by atoms with E-state index in [-0.39, 0.29) is 10.6 Å². The number of anilines is 1. The average Bonchev–Trinajstić information content (AvgIpc) is 2.57. The fraction of sp³-hybridized carbons (Fsp3) is 0.176. The topological polar surface area (TPSA) is 69.0 Å². The van der Waals surface area contributed by atoms with Gasteiger partial charge in [0.25, 0.3) is 5.56 Å². The molecule has 0 spiro atoms. The lowest BCUT2D eigenvalue weighted by atomic mass is 10.0. The van der Waals surface area contributed by atoms with Gasteiger partial charge in [0, 0.05) is 28.9 Å². The smallest absolute Gasteiger partial charge is 0.325 e. The molecule has 4 rings (SSSR count). The third kappa shape index (κ3) is 2.30. The summed E-state index contributed by atoms with van der Waals surface area (Å²) < 4.78 is 13.9. The Balaban J connectivity index is 1.86. The molecule has 0 amide bonds. The van der Waals surface area contributed by atoms with Crippen LogP contribution in [-0.2, 0) is 13.0 Å². The van der Waals surface area contributed by atoms with Crippen LogP contribution in [0.1, 0.15) is 11.3 Å². The number of hydrogen-bond acceptors (Lipinski definition) is 3. The van der Waals surface area contributed by atoms with Gasteiger partial charge in [0.05, 0.1) is 11.6 Å². The van der Waals surface area contributed by atoms with Crippen LogP contribution in [0.15, 0.2) is 39.9 Å². The van der Waals surface area contributed by atoms with Gasteiger partial charge in [-0.1, -0.05) is 29.8 Å². The van der Waals surface area contributed by atoms with Crippen LogP contribution in [-0.4, -0.2) is 16.5 Å². The molecule has 0 radical (unpaired) electrons. The first-order chi connectivity index (χ1) is 11.5. The van der Waals surface area contributed by atoms with Gasteiger partial charge in [0.2, 0.25) is 0 Å². The average molecular weight is 346 g/mol. The highest BCUT2D eigenvalue weighted by atomic mass is 35.5. The predicted molar refractivity (Wildman–Crippen MR) is 91.4 cm³/mol. The second-order valence-corrected chi connectivity index (χ2v) is 6.15. The van der Waals surface area contributed by atoms with E-state index in [1.807, 2.05) is 23.1 Å². The van der Waals surface area contributed by atoms with E-state index in [2.05, 4.69) is 9.97 Å². The Kier molecular flexibility index (Phi) is 3.42. The molecule has 0 fully saturated rings. The van der Waals surface area contributed by atoms with E-state index in [9.17, 15) is 14.0 Å². The van der Waals surface area contributed by atoms with E-state index in [1.165, 1.54) is 6.07 Å². The van der Waals surface area contributed by atoms with Crippen molar-refractivity contribution < 1.29 is 4.39 Å². The predicted octanol–water partition coefficient (Wildman–Crippen LogP) is 2.57. The highest BCUT2D eigenvalue weighted by Gasteiger charge is 2.22. The summed E-state index contributed by atoms with van der Waals surface area (Å²) in [6.07, 6.45) is 0.491. The summed E-state index contributed by atoms with van der Waals surface area (Å²) in [7, 11) is 0. The minimum Gasteiger partial charge on any atom is -0.365 e. The van der Waals surface area contributed by atoms with Crippen LogP contribution < -0.4 is 16.1 Å². The molecule has 122 valence electrons. The summed E-state index contributed by atoms with van der Waals surface area (Å²) in [6.45, 7) is 0.939. The third-order valence-corrected chi connectivity index (χ3v) is 4.73. The molecule has 2 N–H and O–H groups in total. The van der Waals surface area contributed by atoms with Crippen molar-refractivity contribution in [2.24, 2.45) is 0 Å². The highest BCUT2D eigenvalue weighted by Crippen LogP contribution is 2.36. The van der Waals surface area contributed by atoms with Crippen molar-refractivity contribution in [1.29, 1.82) is 0 Å². The Morgan fingerprint density at radius 3 is 2.79 bits per heavy atom. The van der Waals surface area contributed by atoms with Gasteiger partial charge in [-0.05, 0) is 23.9 Å². The Labute approximate surface area is 140 Å². The van der Waals surface area contributed by atoms with Crippen molar-refractivity contribution in [3.8, 4) is 0 Å². The van der Waals surface area contributed by atoms with Crippen LogP contribution in [0, 0.1) is 5.82 Å². The molecule has 0 saturated carbocycles. The largest absolute Gasteiger partial charge is 0.365 e. The molecule has 0 saturated heterocycles. The van der Waals surface area contributed by atoms with Crippen LogP contribution in [0.25, 0.3) is 10.8 Å². The van der Waals surface area contributed by atoms with E-state index >= 15 is 0 Å². The first-order valence-corrected chi connectivity index (χ1v) is 7.88. The van der Waals surface area contributed by atoms with Crippen molar-refractivity contribution in [2.45, 2.75) is 13.0 Å². The fourth-order valence-corrected chi connectivity index (χ4v) is 3.50. The molecule has 0 unspecified atom stereocenters. The number of aromatic amines is 2. The summed E-state index contributed by atoms with van der Waals surface area (Å²) in [6, 6.07) is 8.64. The normalized spacial score (nSPS) is 14.0. The molecule has 7 heteroatoms. The van der Waals surface area contributed by atoms with Crippen molar-refractivity contribution in [1.82, 2.24) is 9.97 Å². The second kappa shape index (κ2) is 5.49. The van der Waals surface area contributed by atoms with Crippen LogP contribution >= 0.6 is 11.6 Å². The third-order valence-electron chi connectivity index (χ3n) is 4.36. The quantitative estimate of drug-likeness (QED) is 0.712. The zero-order chi connectivity index (χ0) is 16.8. The molecule has 3 aromatic rings. The molecule has 2 aromatic carbocycles. The van der Waals surface area contributed by atoms with Crippen molar-refractivity contribution in [2.75, 3.05) is 11.4 Å². The SMILES string of the molecule is O=c1[nH]c2c(c(=O)[nH]1)CCN(c1cccc3ccc(F)c(Cl)c13)C2. The first-order valence-electron chi connectivity index (χ1n) is 7.50. The number of fused-ring (bicyclic) bond motifs is 2. The maximum Gasteiger partial charge on any atom is 0.325 e. The summed E-state index contributed by atoms with van der Waals surface area (Å²) in [4.78, 5) is 30.3. The van der Waals surface area contributed by atoms with Gasteiger partial charge in [-0.25, -0.2) is 9.18 Å². The Bertz CT molecular complexity index is 1070. The fourth-order valence-electron chi connectivity index (χ4n) is 3.24. The lowest BCUT2D eigenvalue weighted by molar-refractivity contribution is 0.630. The van der Waals surface area contributed by atoms with Gasteiger partial charge >= 0.3 is 5.69 Å². The number of H-pyrrole nitrogens is 2. The van der Waals surface area contributed by atoms with E-state index in [0.29, 0.717) is 36.2 Å². The number of hydrogen-bond donors (Lipinski definition) is 2. The molecule has 0 bridgehead atoms. The number of nitrogens with zero attached hydrogens (tertiary/aromatic N) is 1. The molecule has 0 aliphatic carbocycles. The molecular weight excluding hydrogens is 333 g/mol. The van der Waals surface area contributed by atoms with Gasteiger partial charge in [-0.2, -0.15) is 0 Å². The van der Waals surface area contributed by atoms with E-state index in [1.54, 1.807) is 6.07 Å². The zero-order valence-corrected chi connectivity index (χ0v) is 13.3. The number of nitrogens with one attached hydrogen (secondary N) is 2. The number of benzene rings is 2. The lowest BCUT2D eigenvalue weighted by Gasteiger charge is -2.31. The number of halogens is 2. The van der Waals surface area contributed by atoms with Crippen molar-refractivity contribution in [3.63, 3.8) is 0 Å². The van der Waals surface area contributed by atoms with Gasteiger partial charge in [-0.15, -0.1) is 0 Å². The summed E-state index contributed by atoms with van der Waals surface area (Å²) in [5.41, 5.74) is 1.07. The Hall–Kier alpha value is -2.60. The maximum absolute atomic E-state index is 13.9. The molecule has 1 aliphatic heterocycles.